The summed E-state index contributed by atoms with van der Waals surface area (Å²) in [5.74, 6) is -1.57. The molecule has 0 spiro atoms. The summed E-state index contributed by atoms with van der Waals surface area (Å²) in [6, 6.07) is 7.58. The van der Waals surface area contributed by atoms with E-state index in [4.69, 9.17) is 9.84 Å². The Morgan fingerprint density at radius 3 is 2.95 bits per heavy atom. The third-order valence-electron chi connectivity index (χ3n) is 3.17. The van der Waals surface area contributed by atoms with E-state index in [2.05, 4.69) is 10.6 Å². The first-order valence-corrected chi connectivity index (χ1v) is 5.99. The number of fused-ring (bicyclic) bond motifs is 1. The molecule has 3 N–H and O–H groups in total. The third kappa shape index (κ3) is 2.85. The first kappa shape index (κ1) is 13.4. The molecule has 2 atom stereocenters. The van der Waals surface area contributed by atoms with E-state index >= 15 is 0 Å². The van der Waals surface area contributed by atoms with Crippen molar-refractivity contribution in [1.82, 2.24) is 5.32 Å². The van der Waals surface area contributed by atoms with Gasteiger partial charge in [0.2, 0.25) is 5.91 Å². The molecule has 0 radical (unpaired) electrons. The molecular formula is C13H16N2O4. The second-order valence-corrected chi connectivity index (χ2v) is 4.33. The normalized spacial score (nSPS) is 18.3. The molecule has 102 valence electrons. The number of aliphatic carboxylic acids is 1. The summed E-state index contributed by atoms with van der Waals surface area (Å²) in [5.41, 5.74) is 1.88. The molecule has 1 aromatic rings. The highest BCUT2D eigenvalue weighted by Crippen LogP contribution is 2.30. The van der Waals surface area contributed by atoms with E-state index in [0.717, 1.165) is 11.3 Å². The number of rotatable bonds is 5. The van der Waals surface area contributed by atoms with Gasteiger partial charge >= 0.3 is 5.97 Å². The fourth-order valence-corrected chi connectivity index (χ4v) is 2.11. The number of carbonyl (C=O) groups is 2. The van der Waals surface area contributed by atoms with E-state index in [0.29, 0.717) is 6.54 Å². The molecule has 6 nitrogen and oxygen atoms in total. The molecule has 0 fully saturated rings. The van der Waals surface area contributed by atoms with Crippen LogP contribution >= 0.6 is 0 Å². The summed E-state index contributed by atoms with van der Waals surface area (Å²) in [7, 11) is 1.30. The molecule has 0 aromatic heterocycles. The average Bonchev–Trinajstić information content (AvgIpc) is 2.82. The predicted octanol–water partition coefficient (Wildman–Crippen LogP) is 0.411. The van der Waals surface area contributed by atoms with E-state index in [1.165, 1.54) is 7.11 Å². The molecule has 0 bridgehead atoms. The third-order valence-corrected chi connectivity index (χ3v) is 3.17. The highest BCUT2D eigenvalue weighted by atomic mass is 16.5. The van der Waals surface area contributed by atoms with Gasteiger partial charge in [0.1, 0.15) is 0 Å². The zero-order valence-electron chi connectivity index (χ0n) is 10.6. The number of hydrogen-bond acceptors (Lipinski definition) is 4. The quantitative estimate of drug-likeness (QED) is 0.717. The Balaban J connectivity index is 1.97. The molecule has 2 rings (SSSR count). The van der Waals surface area contributed by atoms with Gasteiger partial charge in [0, 0.05) is 19.3 Å². The number of para-hydroxylation sites is 1. The maximum absolute atomic E-state index is 12.1. The van der Waals surface area contributed by atoms with Crippen molar-refractivity contribution in [2.75, 3.05) is 25.5 Å². The van der Waals surface area contributed by atoms with Crippen LogP contribution in [0.25, 0.3) is 0 Å². The van der Waals surface area contributed by atoms with Crippen LogP contribution in [-0.4, -0.2) is 43.3 Å². The van der Waals surface area contributed by atoms with Crippen LogP contribution in [-0.2, 0) is 14.3 Å². The Morgan fingerprint density at radius 2 is 2.26 bits per heavy atom. The Hall–Kier alpha value is -2.08. The van der Waals surface area contributed by atoms with E-state index in [-0.39, 0.29) is 18.4 Å². The zero-order chi connectivity index (χ0) is 13.8. The lowest BCUT2D eigenvalue weighted by Gasteiger charge is -2.14. The average molecular weight is 264 g/mol. The van der Waals surface area contributed by atoms with Crippen molar-refractivity contribution in [1.29, 1.82) is 0 Å². The van der Waals surface area contributed by atoms with Gasteiger partial charge in [-0.25, -0.2) is 4.79 Å². The Morgan fingerprint density at radius 1 is 1.53 bits per heavy atom. The number of anilines is 1. The first-order valence-electron chi connectivity index (χ1n) is 5.99. The van der Waals surface area contributed by atoms with Crippen molar-refractivity contribution in [2.45, 2.75) is 12.0 Å². The molecule has 19 heavy (non-hydrogen) atoms. The van der Waals surface area contributed by atoms with E-state index in [1.807, 2.05) is 24.3 Å². The topological polar surface area (TPSA) is 87.7 Å². The fourth-order valence-electron chi connectivity index (χ4n) is 2.11. The second kappa shape index (κ2) is 5.71. The number of carbonyl (C=O) groups excluding carboxylic acids is 1. The van der Waals surface area contributed by atoms with Crippen LogP contribution in [0.4, 0.5) is 5.69 Å². The van der Waals surface area contributed by atoms with Gasteiger partial charge in [-0.3, -0.25) is 4.79 Å². The van der Waals surface area contributed by atoms with Crippen molar-refractivity contribution in [3.63, 3.8) is 0 Å². The van der Waals surface area contributed by atoms with Gasteiger partial charge in [-0.2, -0.15) is 0 Å². The molecular weight excluding hydrogens is 248 g/mol. The summed E-state index contributed by atoms with van der Waals surface area (Å²) in [4.78, 5) is 22.8. The van der Waals surface area contributed by atoms with Crippen LogP contribution in [0.15, 0.2) is 24.3 Å². The van der Waals surface area contributed by atoms with E-state index in [1.54, 1.807) is 0 Å². The first-order chi connectivity index (χ1) is 9.13. The maximum Gasteiger partial charge on any atom is 0.334 e. The summed E-state index contributed by atoms with van der Waals surface area (Å²) in [6.45, 7) is 0.485. The zero-order valence-corrected chi connectivity index (χ0v) is 10.6. The van der Waals surface area contributed by atoms with Crippen molar-refractivity contribution in [3.05, 3.63) is 29.8 Å². The number of nitrogens with one attached hydrogen (secondary N) is 2. The lowest BCUT2D eigenvalue weighted by molar-refractivity contribution is -0.148. The van der Waals surface area contributed by atoms with Gasteiger partial charge in [-0.15, -0.1) is 0 Å². The van der Waals surface area contributed by atoms with Crippen LogP contribution in [0.3, 0.4) is 0 Å². The van der Waals surface area contributed by atoms with Crippen LogP contribution in [0.1, 0.15) is 11.5 Å². The minimum Gasteiger partial charge on any atom is -0.479 e. The molecule has 0 saturated heterocycles. The summed E-state index contributed by atoms with van der Waals surface area (Å²) in [5, 5.41) is 14.6. The van der Waals surface area contributed by atoms with Crippen LogP contribution in [0, 0.1) is 0 Å². The standard InChI is InChI=1S/C13H16N2O4/c1-19-11(13(17)18)7-15-12(16)9-6-14-10-5-3-2-4-8(9)10/h2-5,9,11,14H,6-7H2,1H3,(H,15,16)(H,17,18). The molecule has 1 aromatic carbocycles. The van der Waals surface area contributed by atoms with Crippen molar-refractivity contribution in [2.24, 2.45) is 0 Å². The van der Waals surface area contributed by atoms with E-state index < -0.39 is 12.1 Å². The lowest BCUT2D eigenvalue weighted by atomic mass is 10.0. The number of hydrogen-bond donors (Lipinski definition) is 3. The van der Waals surface area contributed by atoms with Gasteiger partial charge in [0.25, 0.3) is 0 Å². The summed E-state index contributed by atoms with van der Waals surface area (Å²) in [6.07, 6.45) is -1.02. The van der Waals surface area contributed by atoms with Crippen LogP contribution in [0.2, 0.25) is 0 Å². The number of amides is 1. The van der Waals surface area contributed by atoms with Gasteiger partial charge < -0.3 is 20.5 Å². The molecule has 0 saturated carbocycles. The Kier molecular flexibility index (Phi) is 4.01. The van der Waals surface area contributed by atoms with Gasteiger partial charge in [-0.05, 0) is 11.6 Å². The van der Waals surface area contributed by atoms with Crippen molar-refractivity contribution in [3.8, 4) is 0 Å². The van der Waals surface area contributed by atoms with Crippen LogP contribution < -0.4 is 10.6 Å². The molecule has 6 heteroatoms. The largest absolute Gasteiger partial charge is 0.479 e. The van der Waals surface area contributed by atoms with Gasteiger partial charge in [-0.1, -0.05) is 18.2 Å². The number of benzene rings is 1. The number of carboxylic acid groups (broad SMARTS) is 1. The number of carboxylic acids is 1. The highest BCUT2D eigenvalue weighted by Gasteiger charge is 2.29. The molecule has 1 aliphatic heterocycles. The Bertz CT molecular complexity index is 489. The summed E-state index contributed by atoms with van der Waals surface area (Å²) >= 11 is 0. The molecule has 1 aliphatic rings. The number of methoxy groups -OCH3 is 1. The summed E-state index contributed by atoms with van der Waals surface area (Å²) < 4.78 is 4.76. The number of ether oxygens (including phenoxy) is 1. The van der Waals surface area contributed by atoms with E-state index in [9.17, 15) is 9.59 Å². The second-order valence-electron chi connectivity index (χ2n) is 4.33. The lowest BCUT2D eigenvalue weighted by Crippen LogP contribution is -2.40. The SMILES string of the molecule is COC(CNC(=O)C1CNc2ccccc21)C(=O)O. The smallest absolute Gasteiger partial charge is 0.334 e. The monoisotopic (exact) mass is 264 g/mol. The van der Waals surface area contributed by atoms with Gasteiger partial charge in [0.05, 0.1) is 12.5 Å². The maximum atomic E-state index is 12.1. The predicted molar refractivity (Wildman–Crippen MR) is 69.1 cm³/mol. The minimum atomic E-state index is -1.09. The van der Waals surface area contributed by atoms with Gasteiger partial charge in [0.15, 0.2) is 6.10 Å². The molecule has 1 amide bonds. The van der Waals surface area contributed by atoms with Crippen molar-refractivity contribution < 1.29 is 19.4 Å². The highest BCUT2D eigenvalue weighted by molar-refractivity contribution is 5.88. The van der Waals surface area contributed by atoms with Crippen molar-refractivity contribution >= 4 is 17.6 Å². The minimum absolute atomic E-state index is 0.0384. The molecule has 2 unspecified atom stereocenters. The Labute approximate surface area is 110 Å². The molecule has 1 heterocycles. The fraction of sp³-hybridized carbons (Fsp3) is 0.385. The molecule has 0 aliphatic carbocycles. The van der Waals surface area contributed by atoms with Crippen LogP contribution in [0.5, 0.6) is 0 Å².